The molecule has 1 aliphatic heterocycles. The summed E-state index contributed by atoms with van der Waals surface area (Å²) in [4.78, 5) is 32.5. The van der Waals surface area contributed by atoms with Crippen molar-refractivity contribution in [2.45, 2.75) is 59.0 Å². The molecule has 0 saturated carbocycles. The molecule has 1 fully saturated rings. The van der Waals surface area contributed by atoms with Crippen molar-refractivity contribution in [3.8, 4) is 11.3 Å². The van der Waals surface area contributed by atoms with Gasteiger partial charge in [0.25, 0.3) is 5.91 Å². The third-order valence-electron chi connectivity index (χ3n) is 6.51. The highest BCUT2D eigenvalue weighted by Crippen LogP contribution is 2.27. The van der Waals surface area contributed by atoms with Gasteiger partial charge in [0.1, 0.15) is 0 Å². The van der Waals surface area contributed by atoms with Crippen molar-refractivity contribution >= 4 is 22.8 Å². The summed E-state index contributed by atoms with van der Waals surface area (Å²) in [6, 6.07) is 10.3. The molecule has 186 valence electrons. The Morgan fingerprint density at radius 2 is 1.86 bits per heavy atom. The van der Waals surface area contributed by atoms with Gasteiger partial charge in [-0.1, -0.05) is 36.8 Å². The smallest absolute Gasteiger partial charge is 0.252 e. The number of benzene rings is 1. The summed E-state index contributed by atoms with van der Waals surface area (Å²) >= 11 is 0. The first-order chi connectivity index (χ1) is 16.9. The Morgan fingerprint density at radius 3 is 2.51 bits per heavy atom. The number of rotatable bonds is 8. The highest BCUT2D eigenvalue weighted by atomic mass is 16.2. The average molecular weight is 477 g/mol. The van der Waals surface area contributed by atoms with Crippen molar-refractivity contribution in [2.75, 3.05) is 26.2 Å². The lowest BCUT2D eigenvalue weighted by Crippen LogP contribution is -2.47. The summed E-state index contributed by atoms with van der Waals surface area (Å²) in [5.74, 6) is -0.0347. The monoisotopic (exact) mass is 476 g/mol. The van der Waals surface area contributed by atoms with Crippen molar-refractivity contribution in [1.82, 2.24) is 30.3 Å². The van der Waals surface area contributed by atoms with Gasteiger partial charge in [-0.3, -0.25) is 14.5 Å². The molecule has 3 heterocycles. The Labute approximate surface area is 207 Å². The van der Waals surface area contributed by atoms with Crippen molar-refractivity contribution < 1.29 is 9.59 Å². The Kier molecular flexibility index (Phi) is 7.80. The lowest BCUT2D eigenvalue weighted by Gasteiger charge is -2.31. The van der Waals surface area contributed by atoms with Gasteiger partial charge in [-0.15, -0.1) is 0 Å². The minimum Gasteiger partial charge on any atom is -0.355 e. The molecule has 0 atom stereocenters. The van der Waals surface area contributed by atoms with Crippen molar-refractivity contribution in [3.63, 3.8) is 0 Å². The second-order valence-corrected chi connectivity index (χ2v) is 9.72. The average Bonchev–Trinajstić information content (AvgIpc) is 3.28. The predicted octanol–water partition coefficient (Wildman–Crippen LogP) is 3.71. The Bertz CT molecular complexity index is 1180. The third-order valence-corrected chi connectivity index (χ3v) is 6.51. The highest BCUT2D eigenvalue weighted by molar-refractivity contribution is 6.06. The standard InChI is InChI=1S/C27H36N6O2/c1-5-12-28-25(34)17-32-13-10-21(11-14-32)30-27(35)22-15-24(20-8-6-19(4)7-9-20)31-26-23(22)16-29-33(26)18(2)3/h6-9,15-16,18,21H,5,10-14,17H2,1-4H3,(H,28,34)(H,30,35). The number of hydrogen-bond donors (Lipinski definition) is 2. The summed E-state index contributed by atoms with van der Waals surface area (Å²) in [5, 5.41) is 11.4. The van der Waals surface area contributed by atoms with E-state index in [0.717, 1.165) is 54.6 Å². The third kappa shape index (κ3) is 5.88. The molecule has 3 aromatic rings. The Morgan fingerprint density at radius 1 is 1.14 bits per heavy atom. The first-order valence-corrected chi connectivity index (χ1v) is 12.6. The van der Waals surface area contributed by atoms with E-state index in [2.05, 4.69) is 53.5 Å². The number of carbonyl (C=O) groups is 2. The number of aryl methyl sites for hydroxylation is 1. The lowest BCUT2D eigenvalue weighted by atomic mass is 10.0. The molecule has 8 nitrogen and oxygen atoms in total. The maximum Gasteiger partial charge on any atom is 0.252 e. The van der Waals surface area contributed by atoms with Crippen LogP contribution in [0.5, 0.6) is 0 Å². The van der Waals surface area contributed by atoms with E-state index in [0.29, 0.717) is 18.7 Å². The topological polar surface area (TPSA) is 92.2 Å². The van der Waals surface area contributed by atoms with Gasteiger partial charge in [0.05, 0.1) is 29.4 Å². The second kappa shape index (κ2) is 11.0. The summed E-state index contributed by atoms with van der Waals surface area (Å²) in [7, 11) is 0. The fourth-order valence-electron chi connectivity index (χ4n) is 4.48. The molecule has 8 heteroatoms. The van der Waals surface area contributed by atoms with Crippen LogP contribution in [0.25, 0.3) is 22.3 Å². The fraction of sp³-hybridized carbons (Fsp3) is 0.481. The summed E-state index contributed by atoms with van der Waals surface area (Å²) in [6.07, 6.45) is 4.31. The molecule has 0 unspecified atom stereocenters. The maximum atomic E-state index is 13.5. The molecule has 0 aliphatic carbocycles. The van der Waals surface area contributed by atoms with Crippen LogP contribution in [0.3, 0.4) is 0 Å². The SMILES string of the molecule is CCCNC(=O)CN1CCC(NC(=O)c2cc(-c3ccc(C)cc3)nc3c2cnn3C(C)C)CC1. The number of hydrogen-bond acceptors (Lipinski definition) is 5. The molecular formula is C27H36N6O2. The zero-order valence-electron chi connectivity index (χ0n) is 21.2. The lowest BCUT2D eigenvalue weighted by molar-refractivity contribution is -0.122. The van der Waals surface area contributed by atoms with Crippen LogP contribution in [-0.2, 0) is 4.79 Å². The number of aromatic nitrogens is 3. The van der Waals surface area contributed by atoms with E-state index in [4.69, 9.17) is 4.98 Å². The Hall–Kier alpha value is -3.26. The summed E-state index contributed by atoms with van der Waals surface area (Å²) < 4.78 is 1.87. The summed E-state index contributed by atoms with van der Waals surface area (Å²) in [6.45, 7) is 10.9. The van der Waals surface area contributed by atoms with Gasteiger partial charge >= 0.3 is 0 Å². The number of piperidine rings is 1. The molecule has 1 aliphatic rings. The minimum absolute atomic E-state index is 0.0688. The largest absolute Gasteiger partial charge is 0.355 e. The van der Waals surface area contributed by atoms with Gasteiger partial charge in [-0.25, -0.2) is 9.67 Å². The number of nitrogens with zero attached hydrogens (tertiary/aromatic N) is 4. The van der Waals surface area contributed by atoms with Crippen LogP contribution in [0.1, 0.15) is 62.0 Å². The van der Waals surface area contributed by atoms with E-state index >= 15 is 0 Å². The first kappa shape index (κ1) is 24.9. The molecule has 35 heavy (non-hydrogen) atoms. The summed E-state index contributed by atoms with van der Waals surface area (Å²) in [5.41, 5.74) is 4.22. The van der Waals surface area contributed by atoms with Crippen LogP contribution in [0.15, 0.2) is 36.5 Å². The molecule has 1 saturated heterocycles. The van der Waals surface area contributed by atoms with E-state index in [1.165, 1.54) is 5.56 Å². The van der Waals surface area contributed by atoms with Crippen LogP contribution in [0.4, 0.5) is 0 Å². The van der Waals surface area contributed by atoms with Crippen LogP contribution in [0, 0.1) is 6.92 Å². The fourth-order valence-corrected chi connectivity index (χ4v) is 4.48. The number of fused-ring (bicyclic) bond motifs is 1. The van der Waals surface area contributed by atoms with Gasteiger partial charge in [-0.2, -0.15) is 5.10 Å². The van der Waals surface area contributed by atoms with Crippen LogP contribution >= 0.6 is 0 Å². The quantitative estimate of drug-likeness (QED) is 0.517. The molecule has 2 amide bonds. The zero-order valence-corrected chi connectivity index (χ0v) is 21.2. The molecule has 2 N–H and O–H groups in total. The Balaban J connectivity index is 1.51. The van der Waals surface area contributed by atoms with E-state index < -0.39 is 0 Å². The van der Waals surface area contributed by atoms with Crippen LogP contribution in [-0.4, -0.2) is 63.7 Å². The molecule has 2 aromatic heterocycles. The van der Waals surface area contributed by atoms with Crippen molar-refractivity contribution in [3.05, 3.63) is 47.7 Å². The molecule has 0 bridgehead atoms. The van der Waals surface area contributed by atoms with Crippen molar-refractivity contribution in [2.24, 2.45) is 0 Å². The van der Waals surface area contributed by atoms with E-state index in [-0.39, 0.29) is 23.9 Å². The molecule has 0 radical (unpaired) electrons. The number of likely N-dealkylation sites (tertiary alicyclic amines) is 1. The van der Waals surface area contributed by atoms with Gasteiger partial charge in [0.15, 0.2) is 5.65 Å². The van der Waals surface area contributed by atoms with E-state index in [9.17, 15) is 9.59 Å². The van der Waals surface area contributed by atoms with Crippen LogP contribution in [0.2, 0.25) is 0 Å². The van der Waals surface area contributed by atoms with Gasteiger partial charge in [0, 0.05) is 37.3 Å². The second-order valence-electron chi connectivity index (χ2n) is 9.72. The predicted molar refractivity (Wildman–Crippen MR) is 138 cm³/mol. The first-order valence-electron chi connectivity index (χ1n) is 12.6. The number of pyridine rings is 1. The van der Waals surface area contributed by atoms with Gasteiger partial charge in [0.2, 0.25) is 5.91 Å². The van der Waals surface area contributed by atoms with Gasteiger partial charge in [-0.05, 0) is 46.1 Å². The van der Waals surface area contributed by atoms with E-state index in [1.807, 2.05) is 29.8 Å². The maximum absolute atomic E-state index is 13.5. The van der Waals surface area contributed by atoms with Crippen LogP contribution < -0.4 is 10.6 Å². The molecule has 4 rings (SSSR count). The van der Waals surface area contributed by atoms with Gasteiger partial charge < -0.3 is 10.6 Å². The van der Waals surface area contributed by atoms with Crippen molar-refractivity contribution in [1.29, 1.82) is 0 Å². The number of amides is 2. The highest BCUT2D eigenvalue weighted by Gasteiger charge is 2.24. The molecule has 1 aromatic carbocycles. The molecule has 0 spiro atoms. The normalized spacial score (nSPS) is 15.0. The number of carbonyl (C=O) groups excluding carboxylic acids is 2. The molecular weight excluding hydrogens is 440 g/mol. The number of nitrogens with one attached hydrogen (secondary N) is 2. The zero-order chi connectivity index (χ0) is 24.9. The van der Waals surface area contributed by atoms with E-state index in [1.54, 1.807) is 6.20 Å². The minimum atomic E-state index is -0.104.